The van der Waals surface area contributed by atoms with Crippen LogP contribution in [0, 0.1) is 0 Å². The van der Waals surface area contributed by atoms with Crippen LogP contribution in [0.3, 0.4) is 0 Å². The molecule has 0 N–H and O–H groups in total. The number of rotatable bonds is 59. The van der Waals surface area contributed by atoms with Gasteiger partial charge in [0.05, 0.1) is 0 Å². The fourth-order valence-electron chi connectivity index (χ4n) is 9.04. The Morgan fingerprint density at radius 2 is 0.494 bits per heavy atom. The summed E-state index contributed by atoms with van der Waals surface area (Å²) in [5.41, 5.74) is 0. The van der Waals surface area contributed by atoms with Gasteiger partial charge in [0.2, 0.25) is 0 Å². The normalized spacial score (nSPS) is 12.9. The van der Waals surface area contributed by atoms with Crippen LogP contribution < -0.4 is 0 Å². The number of esters is 3. The van der Waals surface area contributed by atoms with Gasteiger partial charge in [-0.25, -0.2) is 0 Å². The Balaban J connectivity index is 4.43. The molecular weight excluding hydrogens is 973 g/mol. The van der Waals surface area contributed by atoms with Crippen LogP contribution in [0.15, 0.2) is 122 Å². The number of ether oxygens (including phenoxy) is 3. The summed E-state index contributed by atoms with van der Waals surface area (Å²) in [6.45, 7) is 6.40. The number of allylic oxidation sites excluding steroid dienone is 20. The number of unbranched alkanes of at least 4 members (excludes halogenated alkanes) is 28. The van der Waals surface area contributed by atoms with Gasteiger partial charge in [-0.3, -0.25) is 14.4 Å². The monoisotopic (exact) mass is 1090 g/mol. The van der Waals surface area contributed by atoms with Crippen molar-refractivity contribution in [1.82, 2.24) is 0 Å². The Labute approximate surface area is 488 Å². The summed E-state index contributed by atoms with van der Waals surface area (Å²) < 4.78 is 17.0. The molecule has 1 atom stereocenters. The van der Waals surface area contributed by atoms with Crippen LogP contribution in [0.1, 0.15) is 303 Å². The third kappa shape index (κ3) is 64.5. The lowest BCUT2D eigenvalue weighted by Gasteiger charge is -2.18. The molecule has 6 heteroatoms. The van der Waals surface area contributed by atoms with E-state index in [1.54, 1.807) is 0 Å². The van der Waals surface area contributed by atoms with Crippen molar-refractivity contribution in [1.29, 1.82) is 0 Å². The van der Waals surface area contributed by atoms with Crippen molar-refractivity contribution < 1.29 is 28.6 Å². The number of carbonyl (C=O) groups is 3. The molecule has 0 aliphatic carbocycles. The summed E-state index contributed by atoms with van der Waals surface area (Å²) in [5, 5.41) is 0. The summed E-state index contributed by atoms with van der Waals surface area (Å²) in [6.07, 6.45) is 91.9. The molecular formula is C73H122O6. The van der Waals surface area contributed by atoms with Crippen molar-refractivity contribution in [3.63, 3.8) is 0 Å². The average molecular weight is 1100 g/mol. The highest BCUT2D eigenvalue weighted by molar-refractivity contribution is 5.71. The van der Waals surface area contributed by atoms with E-state index in [-0.39, 0.29) is 31.1 Å². The Morgan fingerprint density at radius 3 is 0.772 bits per heavy atom. The SMILES string of the molecule is CC/C=C\C/C=C\C/C=C\C/C=C\CCCCCCCCCCC(=O)OCC(COC(=O)CCCCCCCCCCC/C=C\C/C=C\CCCCC)OC(=O)CCCCCCCCCC/C=C\C/C=C\C/C=C\C/C=C\CC. The molecule has 450 valence electrons. The van der Waals surface area contributed by atoms with Crippen LogP contribution in [0.2, 0.25) is 0 Å². The van der Waals surface area contributed by atoms with Crippen molar-refractivity contribution in [2.24, 2.45) is 0 Å². The molecule has 0 aromatic carbocycles. The van der Waals surface area contributed by atoms with E-state index in [1.807, 2.05) is 0 Å². The molecule has 0 fully saturated rings. The van der Waals surface area contributed by atoms with Gasteiger partial charge in [-0.15, -0.1) is 0 Å². The molecule has 0 radical (unpaired) electrons. The Kier molecular flexibility index (Phi) is 62.8. The fourth-order valence-corrected chi connectivity index (χ4v) is 9.04. The quantitative estimate of drug-likeness (QED) is 0.0261. The van der Waals surface area contributed by atoms with Crippen molar-refractivity contribution in [2.45, 2.75) is 309 Å². The maximum Gasteiger partial charge on any atom is 0.306 e. The van der Waals surface area contributed by atoms with Gasteiger partial charge in [-0.05, 0) is 128 Å². The highest BCUT2D eigenvalue weighted by Crippen LogP contribution is 2.16. The van der Waals surface area contributed by atoms with Gasteiger partial charge >= 0.3 is 17.9 Å². The lowest BCUT2D eigenvalue weighted by molar-refractivity contribution is -0.167. The van der Waals surface area contributed by atoms with E-state index in [9.17, 15) is 14.4 Å². The van der Waals surface area contributed by atoms with Crippen molar-refractivity contribution in [3.05, 3.63) is 122 Å². The highest BCUT2D eigenvalue weighted by Gasteiger charge is 2.19. The predicted octanol–water partition coefficient (Wildman–Crippen LogP) is 22.8. The maximum absolute atomic E-state index is 12.9. The second-order valence-electron chi connectivity index (χ2n) is 21.6. The molecule has 0 aliphatic heterocycles. The minimum atomic E-state index is -0.793. The van der Waals surface area contributed by atoms with Gasteiger partial charge in [-0.2, -0.15) is 0 Å². The summed E-state index contributed by atoms with van der Waals surface area (Å²) in [6, 6.07) is 0. The summed E-state index contributed by atoms with van der Waals surface area (Å²) >= 11 is 0. The van der Waals surface area contributed by atoms with E-state index in [1.165, 1.54) is 135 Å². The molecule has 79 heavy (non-hydrogen) atoms. The minimum absolute atomic E-state index is 0.0878. The van der Waals surface area contributed by atoms with Gasteiger partial charge in [0.25, 0.3) is 0 Å². The topological polar surface area (TPSA) is 78.9 Å². The van der Waals surface area contributed by atoms with E-state index in [0.29, 0.717) is 19.3 Å². The van der Waals surface area contributed by atoms with Crippen molar-refractivity contribution in [3.8, 4) is 0 Å². The van der Waals surface area contributed by atoms with Crippen LogP contribution in [-0.4, -0.2) is 37.2 Å². The van der Waals surface area contributed by atoms with Crippen LogP contribution in [-0.2, 0) is 28.6 Å². The van der Waals surface area contributed by atoms with Crippen LogP contribution in [0.5, 0.6) is 0 Å². The zero-order valence-electron chi connectivity index (χ0n) is 51.6. The standard InChI is InChI=1S/C73H122O6/c1-4-7-10-13-16-19-22-25-28-31-34-36-39-42-45-48-51-54-57-60-63-66-72(75)78-69-70(68-77-71(74)65-62-59-56-53-50-47-44-41-38-33-30-27-24-21-18-15-12-9-6-3)79-73(76)67-64-61-58-55-52-49-46-43-40-37-35-32-29-26-23-20-17-14-11-8-5-2/h7-8,10-11,16-21,25-30,34-37,70H,4-6,9,12-15,22-24,31-33,38-69H2,1-3H3/b10-7-,11-8-,19-16-,20-17-,21-18-,28-25-,29-26-,30-27-,36-34-,37-35-. The van der Waals surface area contributed by atoms with Crippen LogP contribution >= 0.6 is 0 Å². The Bertz CT molecular complexity index is 1640. The number of carbonyl (C=O) groups excluding carboxylic acids is 3. The largest absolute Gasteiger partial charge is 0.462 e. The van der Waals surface area contributed by atoms with Gasteiger partial charge in [-0.1, -0.05) is 277 Å². The van der Waals surface area contributed by atoms with E-state index in [0.717, 1.165) is 128 Å². The first-order chi connectivity index (χ1) is 39.0. The van der Waals surface area contributed by atoms with Crippen molar-refractivity contribution >= 4 is 17.9 Å². The summed E-state index contributed by atoms with van der Waals surface area (Å²) in [7, 11) is 0. The number of hydrogen-bond acceptors (Lipinski definition) is 6. The third-order valence-corrected chi connectivity index (χ3v) is 13.9. The molecule has 0 aromatic rings. The zero-order valence-corrected chi connectivity index (χ0v) is 51.6. The zero-order chi connectivity index (χ0) is 57.1. The molecule has 0 heterocycles. The van der Waals surface area contributed by atoms with E-state index >= 15 is 0 Å². The molecule has 0 amide bonds. The molecule has 0 aromatic heterocycles. The second-order valence-corrected chi connectivity index (χ2v) is 21.6. The first kappa shape index (κ1) is 74.8. The third-order valence-electron chi connectivity index (χ3n) is 13.9. The van der Waals surface area contributed by atoms with E-state index in [4.69, 9.17) is 14.2 Å². The first-order valence-corrected chi connectivity index (χ1v) is 33.0. The highest BCUT2D eigenvalue weighted by atomic mass is 16.6. The minimum Gasteiger partial charge on any atom is -0.462 e. The van der Waals surface area contributed by atoms with Crippen molar-refractivity contribution in [2.75, 3.05) is 13.2 Å². The van der Waals surface area contributed by atoms with Gasteiger partial charge in [0.15, 0.2) is 6.10 Å². The molecule has 6 nitrogen and oxygen atoms in total. The molecule has 1 unspecified atom stereocenters. The fraction of sp³-hybridized carbons (Fsp3) is 0.685. The Morgan fingerprint density at radius 1 is 0.266 bits per heavy atom. The second kappa shape index (κ2) is 66.3. The van der Waals surface area contributed by atoms with Gasteiger partial charge in [0, 0.05) is 19.3 Å². The smallest absolute Gasteiger partial charge is 0.306 e. The summed E-state index contributed by atoms with van der Waals surface area (Å²) in [5.74, 6) is -0.900. The number of hydrogen-bond donors (Lipinski definition) is 0. The molecule has 0 aliphatic rings. The van der Waals surface area contributed by atoms with Gasteiger partial charge < -0.3 is 14.2 Å². The van der Waals surface area contributed by atoms with E-state index < -0.39 is 6.10 Å². The van der Waals surface area contributed by atoms with E-state index in [2.05, 4.69) is 142 Å². The molecule has 0 bridgehead atoms. The maximum atomic E-state index is 12.9. The lowest BCUT2D eigenvalue weighted by Crippen LogP contribution is -2.30. The molecule has 0 rings (SSSR count). The lowest BCUT2D eigenvalue weighted by atomic mass is 10.1. The van der Waals surface area contributed by atoms with Gasteiger partial charge in [0.1, 0.15) is 13.2 Å². The molecule has 0 spiro atoms. The van der Waals surface area contributed by atoms with Crippen LogP contribution in [0.25, 0.3) is 0 Å². The first-order valence-electron chi connectivity index (χ1n) is 33.0. The average Bonchev–Trinajstić information content (AvgIpc) is 3.45. The Hall–Kier alpha value is -4.19. The predicted molar refractivity (Wildman–Crippen MR) is 343 cm³/mol. The summed E-state index contributed by atoms with van der Waals surface area (Å²) in [4.78, 5) is 38.4. The molecule has 0 saturated carbocycles. The van der Waals surface area contributed by atoms with Crippen LogP contribution in [0.4, 0.5) is 0 Å². The molecule has 0 saturated heterocycles.